The van der Waals surface area contributed by atoms with Crippen molar-refractivity contribution in [3.63, 3.8) is 0 Å². The highest BCUT2D eigenvalue weighted by molar-refractivity contribution is 6.60. The Hall–Kier alpha value is -2.05. The van der Waals surface area contributed by atoms with Crippen molar-refractivity contribution in [2.75, 3.05) is 5.32 Å². The molecule has 0 saturated carbocycles. The van der Waals surface area contributed by atoms with Crippen LogP contribution in [0.2, 0.25) is 0 Å². The third kappa shape index (κ3) is 2.44. The molecule has 2 N–H and O–H groups in total. The topological polar surface area (TPSA) is 96.6 Å². The highest BCUT2D eigenvalue weighted by Gasteiger charge is 2.35. The van der Waals surface area contributed by atoms with Crippen LogP contribution < -0.4 is 10.7 Å². The summed E-state index contributed by atoms with van der Waals surface area (Å²) in [6.45, 7) is 4.24. The molecule has 2 radical (unpaired) electrons. The molecule has 94 valence electrons. The first-order valence-electron chi connectivity index (χ1n) is 5.10. The fourth-order valence-electron chi connectivity index (χ4n) is 1.60. The number of hydrogen-bond donors (Lipinski definition) is 2. The van der Waals surface area contributed by atoms with Gasteiger partial charge in [-0.05, 0) is 20.8 Å². The van der Waals surface area contributed by atoms with Crippen LogP contribution >= 0.6 is 0 Å². The van der Waals surface area contributed by atoms with Gasteiger partial charge >= 0.3 is 5.97 Å². The Labute approximate surface area is 104 Å². The zero-order chi connectivity index (χ0) is 14.1. The molecule has 0 aromatic carbocycles. The average molecular weight is 249 g/mol. The third-order valence-electron chi connectivity index (χ3n) is 2.59. The number of carbonyl (C=O) groups excluding carboxylic acids is 1. The number of carboxylic acids is 1. The van der Waals surface area contributed by atoms with Crippen LogP contribution in [0.3, 0.4) is 0 Å². The molecule has 0 bridgehead atoms. The highest BCUT2D eigenvalue weighted by atomic mass is 16.4. The number of carboxylic acid groups (broad SMARTS) is 1. The number of nitrogens with one attached hydrogen (secondary N) is 1. The number of aliphatic carboxylic acids is 1. The summed E-state index contributed by atoms with van der Waals surface area (Å²) in [5, 5.41) is 11.2. The number of anilines is 1. The molecule has 18 heavy (non-hydrogen) atoms. The molecule has 1 heterocycles. The van der Waals surface area contributed by atoms with Crippen LogP contribution in [0.1, 0.15) is 25.2 Å². The minimum absolute atomic E-state index is 0.0266. The molecule has 0 atom stereocenters. The highest BCUT2D eigenvalue weighted by Crippen LogP contribution is 2.25. The largest absolute Gasteiger partial charge is 0.481 e. The molecule has 0 aliphatic heterocycles. The fraction of sp³-hybridized carbons (Fsp3) is 0.364. The smallest absolute Gasteiger partial charge is 0.313 e. The van der Waals surface area contributed by atoms with Crippen LogP contribution in [-0.4, -0.2) is 24.7 Å². The Morgan fingerprint density at radius 1 is 1.44 bits per heavy atom. The number of aryl methyl sites for hydroxylation is 1. The minimum atomic E-state index is -1.43. The van der Waals surface area contributed by atoms with Gasteiger partial charge in [-0.3, -0.25) is 14.4 Å². The van der Waals surface area contributed by atoms with Crippen molar-refractivity contribution in [2.45, 2.75) is 26.2 Å². The van der Waals surface area contributed by atoms with E-state index < -0.39 is 22.6 Å². The van der Waals surface area contributed by atoms with Gasteiger partial charge in [-0.15, -0.1) is 0 Å². The van der Waals surface area contributed by atoms with Crippen molar-refractivity contribution in [2.24, 2.45) is 0 Å². The summed E-state index contributed by atoms with van der Waals surface area (Å²) >= 11 is 0. The van der Waals surface area contributed by atoms with Gasteiger partial charge in [0.25, 0.3) is 0 Å². The van der Waals surface area contributed by atoms with Gasteiger partial charge in [-0.2, -0.15) is 0 Å². The van der Waals surface area contributed by atoms with E-state index >= 15 is 0 Å². The van der Waals surface area contributed by atoms with E-state index in [9.17, 15) is 14.4 Å². The molecule has 7 heteroatoms. The first kappa shape index (κ1) is 14.0. The first-order chi connectivity index (χ1) is 8.17. The second-order valence-electron chi connectivity index (χ2n) is 4.33. The zero-order valence-electron chi connectivity index (χ0n) is 10.2. The van der Waals surface area contributed by atoms with Crippen LogP contribution in [0, 0.1) is 6.92 Å². The average Bonchev–Trinajstić information content (AvgIpc) is 2.21. The normalized spacial score (nSPS) is 11.1. The Balaban J connectivity index is 3.50. The third-order valence-corrected chi connectivity index (χ3v) is 2.59. The Morgan fingerprint density at radius 2 is 2.00 bits per heavy atom. The molecule has 0 aliphatic rings. The fourth-order valence-corrected chi connectivity index (χ4v) is 1.60. The summed E-state index contributed by atoms with van der Waals surface area (Å²) in [7, 11) is 4.90. The van der Waals surface area contributed by atoms with E-state index in [-0.39, 0.29) is 17.0 Å². The van der Waals surface area contributed by atoms with Gasteiger partial charge in [0.15, 0.2) is 5.81 Å². The molecular formula is C11H12BNO5. The van der Waals surface area contributed by atoms with E-state index in [2.05, 4.69) is 5.32 Å². The quantitative estimate of drug-likeness (QED) is 0.779. The molecule has 1 amide bonds. The summed E-state index contributed by atoms with van der Waals surface area (Å²) in [5.41, 5.74) is -2.26. The molecule has 0 aliphatic carbocycles. The van der Waals surface area contributed by atoms with Crippen LogP contribution in [0.5, 0.6) is 0 Å². The summed E-state index contributed by atoms with van der Waals surface area (Å²) in [6, 6.07) is 0. The van der Waals surface area contributed by atoms with Crippen LogP contribution in [0.15, 0.2) is 15.5 Å². The maximum absolute atomic E-state index is 12.1. The van der Waals surface area contributed by atoms with Crippen LogP contribution in [0.25, 0.3) is 0 Å². The predicted octanol–water partition coefficient (Wildman–Crippen LogP) is 1.01. The Kier molecular flexibility index (Phi) is 3.64. The van der Waals surface area contributed by atoms with E-state index in [0.29, 0.717) is 0 Å². The van der Waals surface area contributed by atoms with Gasteiger partial charge in [-0.25, -0.2) is 0 Å². The van der Waals surface area contributed by atoms with E-state index in [0.717, 1.165) is 6.26 Å². The lowest BCUT2D eigenvalue weighted by molar-refractivity contribution is -0.142. The maximum atomic E-state index is 12.1. The maximum Gasteiger partial charge on any atom is 0.313 e. The standard InChI is InChI=1S/C11H12BNO5/c1-5-7(11(2,3)9(15)16)8(14)6(4-18-5)13-10(12)17/h4H,1-3H3,(H,13,17)(H,15,16). The number of carbonyl (C=O) groups is 2. The molecule has 1 aromatic heterocycles. The van der Waals surface area contributed by atoms with Crippen molar-refractivity contribution in [3.8, 4) is 0 Å². The SMILES string of the molecule is [B]C(=O)Nc1coc(C)c(C(C)(C)C(=O)O)c1=O. The zero-order valence-corrected chi connectivity index (χ0v) is 10.2. The Bertz CT molecular complexity index is 561. The lowest BCUT2D eigenvalue weighted by atomic mass is 9.84. The van der Waals surface area contributed by atoms with Crippen molar-refractivity contribution < 1.29 is 19.1 Å². The van der Waals surface area contributed by atoms with Crippen LogP contribution in [-0.2, 0) is 10.2 Å². The van der Waals surface area contributed by atoms with Crippen molar-refractivity contribution >= 4 is 25.3 Å². The van der Waals surface area contributed by atoms with E-state index in [1.165, 1.54) is 20.8 Å². The molecule has 0 unspecified atom stereocenters. The second kappa shape index (κ2) is 4.68. The first-order valence-corrected chi connectivity index (χ1v) is 5.10. The summed E-state index contributed by atoms with van der Waals surface area (Å²) in [6.07, 6.45) is 1.03. The summed E-state index contributed by atoms with van der Waals surface area (Å²) in [4.78, 5) is 34.0. The molecule has 6 nitrogen and oxygen atoms in total. The van der Waals surface area contributed by atoms with E-state index in [1.807, 2.05) is 0 Å². The second-order valence-corrected chi connectivity index (χ2v) is 4.33. The Morgan fingerprint density at radius 3 is 2.44 bits per heavy atom. The molecular weight excluding hydrogens is 237 g/mol. The monoisotopic (exact) mass is 249 g/mol. The van der Waals surface area contributed by atoms with Gasteiger partial charge in [-0.1, -0.05) is 0 Å². The summed E-state index contributed by atoms with van der Waals surface area (Å²) in [5.74, 6) is -1.92. The van der Waals surface area contributed by atoms with Crippen molar-refractivity contribution in [1.82, 2.24) is 0 Å². The van der Waals surface area contributed by atoms with Crippen LogP contribution in [0.4, 0.5) is 10.5 Å². The number of amides is 1. The lowest BCUT2D eigenvalue weighted by Crippen LogP contribution is -2.36. The van der Waals surface area contributed by atoms with Gasteiger partial charge in [0.05, 0.1) is 11.0 Å². The molecule has 1 aromatic rings. The molecule has 0 spiro atoms. The minimum Gasteiger partial charge on any atom is -0.481 e. The van der Waals surface area contributed by atoms with Gasteiger partial charge < -0.3 is 14.8 Å². The van der Waals surface area contributed by atoms with Gasteiger partial charge in [0.1, 0.15) is 17.7 Å². The van der Waals surface area contributed by atoms with Crippen molar-refractivity contribution in [1.29, 1.82) is 0 Å². The molecule has 1 rings (SSSR count). The molecule has 0 fully saturated rings. The number of hydrogen-bond acceptors (Lipinski definition) is 4. The van der Waals surface area contributed by atoms with Gasteiger partial charge in [0, 0.05) is 0 Å². The van der Waals surface area contributed by atoms with Gasteiger partial charge in [0.2, 0.25) is 13.3 Å². The number of rotatable bonds is 3. The predicted molar refractivity (Wildman–Crippen MR) is 65.1 cm³/mol. The summed E-state index contributed by atoms with van der Waals surface area (Å²) < 4.78 is 5.07. The van der Waals surface area contributed by atoms with E-state index in [1.54, 1.807) is 0 Å². The van der Waals surface area contributed by atoms with E-state index in [4.69, 9.17) is 17.4 Å². The lowest BCUT2D eigenvalue weighted by Gasteiger charge is -2.20. The molecule has 0 saturated heterocycles. The van der Waals surface area contributed by atoms with Crippen molar-refractivity contribution in [3.05, 3.63) is 27.8 Å².